The number of hydrogen-bond acceptors (Lipinski definition) is 5. The van der Waals surface area contributed by atoms with Gasteiger partial charge in [-0.1, -0.05) is 36.3 Å². The number of rotatable bonds is 4. The van der Waals surface area contributed by atoms with Crippen LogP contribution in [0.15, 0.2) is 57.9 Å². The zero-order valence-electron chi connectivity index (χ0n) is 15.3. The zero-order chi connectivity index (χ0) is 19.5. The molecule has 2 N–H and O–H groups in total. The summed E-state index contributed by atoms with van der Waals surface area (Å²) < 4.78 is 5.26. The molecule has 1 aliphatic heterocycles. The largest absolute Gasteiger partial charge is 0.338 e. The van der Waals surface area contributed by atoms with Crippen molar-refractivity contribution in [3.63, 3.8) is 0 Å². The van der Waals surface area contributed by atoms with Crippen molar-refractivity contribution in [1.29, 1.82) is 0 Å². The molecule has 7 heteroatoms. The monoisotopic (exact) mass is 393 g/mol. The van der Waals surface area contributed by atoms with Crippen molar-refractivity contribution in [2.24, 2.45) is 0 Å². The maximum Gasteiger partial charge on any atom is 0.258 e. The lowest BCUT2D eigenvalue weighted by atomic mass is 10.1. The Kier molecular flexibility index (Phi) is 5.16. The summed E-state index contributed by atoms with van der Waals surface area (Å²) in [6, 6.07) is 15.0. The van der Waals surface area contributed by atoms with Crippen molar-refractivity contribution in [1.82, 2.24) is 5.16 Å². The number of fused-ring (bicyclic) bond motifs is 1. The predicted molar refractivity (Wildman–Crippen MR) is 110 cm³/mol. The van der Waals surface area contributed by atoms with Crippen molar-refractivity contribution >= 4 is 35.1 Å². The van der Waals surface area contributed by atoms with Gasteiger partial charge in [-0.2, -0.15) is 0 Å². The fourth-order valence-corrected chi connectivity index (χ4v) is 3.86. The molecule has 2 amide bonds. The van der Waals surface area contributed by atoms with Gasteiger partial charge in [-0.3, -0.25) is 14.9 Å². The number of carbonyl (C=O) groups is 2. The molecule has 0 unspecified atom stereocenters. The van der Waals surface area contributed by atoms with E-state index in [-0.39, 0.29) is 17.7 Å². The van der Waals surface area contributed by atoms with Crippen LogP contribution in [0.4, 0.5) is 11.6 Å². The van der Waals surface area contributed by atoms with E-state index in [0.717, 1.165) is 22.6 Å². The molecule has 1 aromatic heterocycles. The summed E-state index contributed by atoms with van der Waals surface area (Å²) in [5.41, 5.74) is 3.92. The Labute approximate surface area is 166 Å². The normalized spacial score (nSPS) is 13.4. The van der Waals surface area contributed by atoms with E-state index in [1.54, 1.807) is 30.0 Å². The summed E-state index contributed by atoms with van der Waals surface area (Å²) in [6.07, 6.45) is 1.43. The maximum absolute atomic E-state index is 12.6. The predicted octanol–water partition coefficient (Wildman–Crippen LogP) is 4.59. The van der Waals surface area contributed by atoms with Gasteiger partial charge in [0.25, 0.3) is 5.91 Å². The molecule has 0 fully saturated rings. The molecule has 6 nitrogen and oxygen atoms in total. The molecule has 2 aromatic carbocycles. The number of aromatic nitrogens is 1. The van der Waals surface area contributed by atoms with E-state index in [4.69, 9.17) is 4.52 Å². The number of anilines is 2. The molecule has 4 rings (SSSR count). The van der Waals surface area contributed by atoms with Crippen LogP contribution in [-0.4, -0.2) is 22.7 Å². The van der Waals surface area contributed by atoms with Crippen LogP contribution >= 0.6 is 11.8 Å². The third-order valence-corrected chi connectivity index (χ3v) is 5.58. The zero-order valence-corrected chi connectivity index (χ0v) is 16.1. The number of nitrogens with zero attached hydrogens (tertiary/aromatic N) is 1. The van der Waals surface area contributed by atoms with Crippen LogP contribution in [0.1, 0.15) is 29.3 Å². The highest BCUT2D eigenvalue weighted by molar-refractivity contribution is 7.99. The van der Waals surface area contributed by atoms with Gasteiger partial charge in [0.05, 0.1) is 5.69 Å². The Morgan fingerprint density at radius 2 is 2.04 bits per heavy atom. The molecule has 0 spiro atoms. The quantitative estimate of drug-likeness (QED) is 0.677. The van der Waals surface area contributed by atoms with E-state index in [9.17, 15) is 9.59 Å². The third-order valence-electron chi connectivity index (χ3n) is 4.51. The van der Waals surface area contributed by atoms with Crippen molar-refractivity contribution < 1.29 is 14.1 Å². The summed E-state index contributed by atoms with van der Waals surface area (Å²) in [4.78, 5) is 25.3. The first-order chi connectivity index (χ1) is 13.6. The Morgan fingerprint density at radius 3 is 2.82 bits per heavy atom. The minimum absolute atomic E-state index is 0.0437. The topological polar surface area (TPSA) is 84.2 Å². The number of carbonyl (C=O) groups excluding carboxylic acids is 2. The van der Waals surface area contributed by atoms with E-state index in [2.05, 4.69) is 22.7 Å². The Morgan fingerprint density at radius 1 is 1.21 bits per heavy atom. The van der Waals surface area contributed by atoms with Crippen LogP contribution < -0.4 is 10.6 Å². The molecule has 3 aromatic rings. The molecule has 0 saturated carbocycles. The molecule has 1 aliphatic rings. The van der Waals surface area contributed by atoms with Gasteiger partial charge < -0.3 is 9.84 Å². The average molecular weight is 393 g/mol. The second-order valence-electron chi connectivity index (χ2n) is 6.44. The first kappa shape index (κ1) is 18.3. The fourth-order valence-electron chi connectivity index (χ4n) is 2.93. The number of aryl methyl sites for hydroxylation is 1. The molecule has 0 saturated heterocycles. The smallest absolute Gasteiger partial charge is 0.258 e. The Bertz CT molecular complexity index is 1030. The van der Waals surface area contributed by atoms with Gasteiger partial charge in [0.1, 0.15) is 5.69 Å². The molecule has 0 bridgehead atoms. The van der Waals surface area contributed by atoms with E-state index in [1.807, 2.05) is 30.3 Å². The maximum atomic E-state index is 12.6. The first-order valence-electron chi connectivity index (χ1n) is 9.06. The fraction of sp³-hybridized carbons (Fsp3) is 0.190. The number of nitrogens with one attached hydrogen (secondary N) is 2. The highest BCUT2D eigenvalue weighted by atomic mass is 32.2. The second kappa shape index (κ2) is 7.90. The van der Waals surface area contributed by atoms with Gasteiger partial charge in [0, 0.05) is 34.3 Å². The minimum atomic E-state index is -0.324. The summed E-state index contributed by atoms with van der Waals surface area (Å²) in [6.45, 7) is 2.10. The Balaban J connectivity index is 1.49. The van der Waals surface area contributed by atoms with Crippen molar-refractivity contribution in [2.75, 3.05) is 16.4 Å². The number of benzene rings is 2. The lowest BCUT2D eigenvalue weighted by Crippen LogP contribution is -2.13. The third kappa shape index (κ3) is 3.94. The van der Waals surface area contributed by atoms with Crippen LogP contribution in [0, 0.1) is 0 Å². The van der Waals surface area contributed by atoms with E-state index in [1.165, 1.54) is 5.56 Å². The van der Waals surface area contributed by atoms with Gasteiger partial charge in [0.2, 0.25) is 11.8 Å². The molecule has 2 heterocycles. The number of hydrogen-bond donors (Lipinski definition) is 2. The van der Waals surface area contributed by atoms with Gasteiger partial charge in [-0.05, 0) is 30.2 Å². The number of amides is 2. The van der Waals surface area contributed by atoms with Gasteiger partial charge in [-0.25, -0.2) is 0 Å². The molecule has 0 radical (unpaired) electrons. The Hall–Kier alpha value is -3.06. The van der Waals surface area contributed by atoms with Crippen molar-refractivity contribution in [3.05, 3.63) is 59.7 Å². The van der Waals surface area contributed by atoms with Crippen molar-refractivity contribution in [2.45, 2.75) is 24.7 Å². The standard InChI is InChI=1S/C21H19N3O3S/c1-2-13-3-5-14(6-4-13)16-12-20(27-24-16)23-21(26)15-7-8-18-17(11-15)22-19(25)9-10-28-18/h3-8,11-12H,2,9-10H2,1H3,(H,22,25)(H,23,26). The van der Waals surface area contributed by atoms with E-state index < -0.39 is 0 Å². The molecule has 28 heavy (non-hydrogen) atoms. The summed E-state index contributed by atoms with van der Waals surface area (Å²) in [5, 5.41) is 9.59. The molecule has 142 valence electrons. The van der Waals surface area contributed by atoms with Crippen molar-refractivity contribution in [3.8, 4) is 11.3 Å². The van der Waals surface area contributed by atoms with Gasteiger partial charge >= 0.3 is 0 Å². The van der Waals surface area contributed by atoms with Crippen LogP contribution in [-0.2, 0) is 11.2 Å². The summed E-state index contributed by atoms with van der Waals surface area (Å²) in [5.74, 6) is 0.630. The highest BCUT2D eigenvalue weighted by Crippen LogP contribution is 2.32. The first-order valence-corrected chi connectivity index (χ1v) is 10.0. The summed E-state index contributed by atoms with van der Waals surface area (Å²) >= 11 is 1.60. The molecule has 0 aliphatic carbocycles. The van der Waals surface area contributed by atoms with Gasteiger partial charge in [-0.15, -0.1) is 11.8 Å². The van der Waals surface area contributed by atoms with Crippen LogP contribution in [0.25, 0.3) is 11.3 Å². The molecule has 0 atom stereocenters. The number of thioether (sulfide) groups is 1. The second-order valence-corrected chi connectivity index (χ2v) is 7.58. The average Bonchev–Trinajstić information content (AvgIpc) is 3.08. The SMILES string of the molecule is CCc1ccc(-c2cc(NC(=O)c3ccc4c(c3)NC(=O)CCS4)on2)cc1. The van der Waals surface area contributed by atoms with Crippen LogP contribution in [0.3, 0.4) is 0 Å². The lowest BCUT2D eigenvalue weighted by molar-refractivity contribution is -0.115. The summed E-state index contributed by atoms with van der Waals surface area (Å²) in [7, 11) is 0. The lowest BCUT2D eigenvalue weighted by Gasteiger charge is -2.08. The van der Waals surface area contributed by atoms with Crippen LogP contribution in [0.5, 0.6) is 0 Å². The van der Waals surface area contributed by atoms with E-state index in [0.29, 0.717) is 23.4 Å². The highest BCUT2D eigenvalue weighted by Gasteiger charge is 2.17. The van der Waals surface area contributed by atoms with Gasteiger partial charge in [0.15, 0.2) is 0 Å². The minimum Gasteiger partial charge on any atom is -0.338 e. The van der Waals surface area contributed by atoms with Crippen LogP contribution in [0.2, 0.25) is 0 Å². The van der Waals surface area contributed by atoms with E-state index >= 15 is 0 Å². The molecular weight excluding hydrogens is 374 g/mol. The molecular formula is C21H19N3O3S.